The van der Waals surface area contributed by atoms with Crippen molar-refractivity contribution >= 4 is 0 Å². The lowest BCUT2D eigenvalue weighted by atomic mass is 9.93. The Morgan fingerprint density at radius 2 is 2.09 bits per heavy atom. The molecule has 0 aromatic rings. The summed E-state index contributed by atoms with van der Waals surface area (Å²) in [7, 11) is 0. The van der Waals surface area contributed by atoms with Crippen molar-refractivity contribution in [2.45, 2.75) is 58.5 Å². The molecule has 1 fully saturated rings. The van der Waals surface area contributed by atoms with Gasteiger partial charge in [0.05, 0.1) is 0 Å². The van der Waals surface area contributed by atoms with E-state index in [9.17, 15) is 0 Å². The Morgan fingerprint density at radius 3 is 2.64 bits per heavy atom. The molecule has 0 aromatic carbocycles. The predicted octanol–water partition coefficient (Wildman–Crippen LogP) is 2.56. The van der Waals surface area contributed by atoms with E-state index in [0.29, 0.717) is 0 Å². The van der Waals surface area contributed by atoms with Crippen LogP contribution in [-0.2, 0) is 0 Å². The van der Waals surface area contributed by atoms with Gasteiger partial charge in [0.1, 0.15) is 0 Å². The molecule has 0 amide bonds. The number of rotatable bonds is 3. The number of hydrogen-bond donors (Lipinski definition) is 1. The summed E-state index contributed by atoms with van der Waals surface area (Å²) >= 11 is 0. The van der Waals surface area contributed by atoms with Gasteiger partial charge in [0, 0.05) is 12.1 Å². The fourth-order valence-electron chi connectivity index (χ4n) is 2.33. The molecule has 1 aliphatic rings. The normalized spacial score (nSPS) is 37.9. The minimum atomic E-state index is 0.761. The van der Waals surface area contributed by atoms with Gasteiger partial charge in [-0.15, -0.1) is 0 Å². The molecule has 1 heterocycles. The van der Waals surface area contributed by atoms with Crippen LogP contribution in [0.1, 0.15) is 46.5 Å². The molecule has 1 nitrogen and oxygen atoms in total. The van der Waals surface area contributed by atoms with Gasteiger partial charge in [0.25, 0.3) is 0 Å². The second-order valence-corrected chi connectivity index (χ2v) is 3.87. The summed E-state index contributed by atoms with van der Waals surface area (Å²) in [5, 5.41) is 3.64. The summed E-state index contributed by atoms with van der Waals surface area (Å²) in [5.74, 6) is 0.958. The zero-order valence-corrected chi connectivity index (χ0v) is 8.06. The summed E-state index contributed by atoms with van der Waals surface area (Å²) < 4.78 is 0. The van der Waals surface area contributed by atoms with Crippen molar-refractivity contribution in [1.29, 1.82) is 0 Å². The van der Waals surface area contributed by atoms with Crippen LogP contribution in [0, 0.1) is 5.92 Å². The summed E-state index contributed by atoms with van der Waals surface area (Å²) in [6, 6.07) is 1.57. The smallest absolute Gasteiger partial charge is 0.00957 e. The summed E-state index contributed by atoms with van der Waals surface area (Å²) in [4.78, 5) is 0. The fraction of sp³-hybridized carbons (Fsp3) is 1.00. The van der Waals surface area contributed by atoms with E-state index in [-0.39, 0.29) is 0 Å². The van der Waals surface area contributed by atoms with Gasteiger partial charge in [-0.3, -0.25) is 0 Å². The molecular weight excluding hydrogens is 134 g/mol. The Balaban J connectivity index is 2.37. The predicted molar refractivity (Wildman–Crippen MR) is 49.7 cm³/mol. The molecule has 1 saturated heterocycles. The van der Waals surface area contributed by atoms with Gasteiger partial charge >= 0.3 is 0 Å². The van der Waals surface area contributed by atoms with Gasteiger partial charge in [0.2, 0.25) is 0 Å². The highest BCUT2D eigenvalue weighted by molar-refractivity contribution is 4.87. The third kappa shape index (κ3) is 2.19. The lowest BCUT2D eigenvalue weighted by Gasteiger charge is -2.16. The molecule has 0 saturated carbocycles. The first-order valence-corrected chi connectivity index (χ1v) is 5.04. The molecule has 1 aliphatic heterocycles. The molecule has 0 aromatic heterocycles. The molecule has 66 valence electrons. The molecule has 0 radical (unpaired) electrons. The molecule has 0 unspecified atom stereocenters. The van der Waals surface area contributed by atoms with Crippen molar-refractivity contribution in [3.8, 4) is 0 Å². The van der Waals surface area contributed by atoms with Crippen molar-refractivity contribution in [3.05, 3.63) is 0 Å². The van der Waals surface area contributed by atoms with Crippen molar-refractivity contribution in [2.75, 3.05) is 0 Å². The van der Waals surface area contributed by atoms with E-state index < -0.39 is 0 Å². The minimum absolute atomic E-state index is 0.761. The van der Waals surface area contributed by atoms with E-state index in [1.54, 1.807) is 0 Å². The average Bonchev–Trinajstić information content (AvgIpc) is 2.32. The molecule has 0 aliphatic carbocycles. The standard InChI is InChI=1S/C10H21N/c1-4-6-9-7-8(3)11-10(9)5-2/h8-11H,4-7H2,1-3H3/t8-,9+,10+/m0/s1. The maximum Gasteiger partial charge on any atom is 0.00957 e. The van der Waals surface area contributed by atoms with E-state index in [4.69, 9.17) is 0 Å². The Hall–Kier alpha value is -0.0400. The first kappa shape index (κ1) is 9.05. The van der Waals surface area contributed by atoms with Crippen LogP contribution < -0.4 is 5.32 Å². The molecule has 0 bridgehead atoms. The first-order valence-electron chi connectivity index (χ1n) is 5.04. The summed E-state index contributed by atoms with van der Waals surface area (Å²) in [5.41, 5.74) is 0. The van der Waals surface area contributed by atoms with Gasteiger partial charge in [-0.05, 0) is 32.1 Å². The van der Waals surface area contributed by atoms with Crippen LogP contribution in [0.4, 0.5) is 0 Å². The number of nitrogens with one attached hydrogen (secondary N) is 1. The highest BCUT2D eigenvalue weighted by Gasteiger charge is 2.28. The molecule has 11 heavy (non-hydrogen) atoms. The average molecular weight is 155 g/mol. The van der Waals surface area contributed by atoms with Gasteiger partial charge in [-0.1, -0.05) is 20.3 Å². The zero-order chi connectivity index (χ0) is 8.27. The van der Waals surface area contributed by atoms with Crippen molar-refractivity contribution in [3.63, 3.8) is 0 Å². The summed E-state index contributed by atoms with van der Waals surface area (Å²) in [6.07, 6.45) is 5.45. The Kier molecular flexibility index (Phi) is 3.38. The number of hydrogen-bond acceptors (Lipinski definition) is 1. The van der Waals surface area contributed by atoms with Crippen LogP contribution in [-0.4, -0.2) is 12.1 Å². The van der Waals surface area contributed by atoms with E-state index in [0.717, 1.165) is 18.0 Å². The third-order valence-electron chi connectivity index (χ3n) is 2.82. The van der Waals surface area contributed by atoms with E-state index in [1.165, 1.54) is 25.7 Å². The SMILES string of the molecule is CCC[C@@H]1C[C@H](C)N[C@@H]1CC. The van der Waals surface area contributed by atoms with Crippen molar-refractivity contribution in [1.82, 2.24) is 5.32 Å². The van der Waals surface area contributed by atoms with Crippen LogP contribution in [0.25, 0.3) is 0 Å². The highest BCUT2D eigenvalue weighted by Crippen LogP contribution is 2.26. The van der Waals surface area contributed by atoms with E-state index in [2.05, 4.69) is 26.1 Å². The van der Waals surface area contributed by atoms with Crippen LogP contribution >= 0.6 is 0 Å². The monoisotopic (exact) mass is 155 g/mol. The lowest BCUT2D eigenvalue weighted by molar-refractivity contribution is 0.406. The summed E-state index contributed by atoms with van der Waals surface area (Å²) in [6.45, 7) is 6.88. The van der Waals surface area contributed by atoms with Gasteiger partial charge in [-0.2, -0.15) is 0 Å². The Morgan fingerprint density at radius 1 is 1.36 bits per heavy atom. The molecule has 1 N–H and O–H groups in total. The van der Waals surface area contributed by atoms with Crippen LogP contribution in [0.15, 0.2) is 0 Å². The molecular formula is C10H21N. The van der Waals surface area contributed by atoms with Crippen LogP contribution in [0.2, 0.25) is 0 Å². The molecule has 1 rings (SSSR count). The topological polar surface area (TPSA) is 12.0 Å². The second kappa shape index (κ2) is 4.10. The molecule has 3 atom stereocenters. The second-order valence-electron chi connectivity index (χ2n) is 3.87. The minimum Gasteiger partial charge on any atom is -0.311 e. The van der Waals surface area contributed by atoms with Crippen LogP contribution in [0.3, 0.4) is 0 Å². The molecule has 0 spiro atoms. The van der Waals surface area contributed by atoms with E-state index in [1.807, 2.05) is 0 Å². The maximum absolute atomic E-state index is 3.64. The Labute approximate surface area is 70.6 Å². The van der Waals surface area contributed by atoms with Gasteiger partial charge < -0.3 is 5.32 Å². The third-order valence-corrected chi connectivity index (χ3v) is 2.82. The lowest BCUT2D eigenvalue weighted by Crippen LogP contribution is -2.29. The fourth-order valence-corrected chi connectivity index (χ4v) is 2.33. The van der Waals surface area contributed by atoms with Crippen LogP contribution in [0.5, 0.6) is 0 Å². The first-order chi connectivity index (χ1) is 5.27. The van der Waals surface area contributed by atoms with E-state index >= 15 is 0 Å². The largest absolute Gasteiger partial charge is 0.311 e. The van der Waals surface area contributed by atoms with Crippen molar-refractivity contribution in [2.24, 2.45) is 5.92 Å². The molecule has 1 heteroatoms. The van der Waals surface area contributed by atoms with Gasteiger partial charge in [0.15, 0.2) is 0 Å². The quantitative estimate of drug-likeness (QED) is 0.660. The zero-order valence-electron chi connectivity index (χ0n) is 8.06. The van der Waals surface area contributed by atoms with Gasteiger partial charge in [-0.25, -0.2) is 0 Å². The maximum atomic E-state index is 3.64. The highest BCUT2D eigenvalue weighted by atomic mass is 15.0. The Bertz CT molecular complexity index is 111. The van der Waals surface area contributed by atoms with Crippen molar-refractivity contribution < 1.29 is 0 Å².